The van der Waals surface area contributed by atoms with Gasteiger partial charge in [0.1, 0.15) is 35.7 Å². The first-order valence-electron chi connectivity index (χ1n) is 13.0. The number of aromatic nitrogens is 6. The zero-order valence-corrected chi connectivity index (χ0v) is 22.3. The number of ether oxygens (including phenoxy) is 1. The molecular weight excluding hydrogens is 506 g/mol. The van der Waals surface area contributed by atoms with Gasteiger partial charge in [0.2, 0.25) is 0 Å². The van der Waals surface area contributed by atoms with Gasteiger partial charge in [-0.05, 0) is 55.9 Å². The van der Waals surface area contributed by atoms with Crippen LogP contribution in [-0.4, -0.2) is 60.0 Å². The van der Waals surface area contributed by atoms with Crippen LogP contribution < -0.4 is 10.1 Å². The van der Waals surface area contributed by atoms with Crippen LogP contribution in [0.2, 0.25) is 5.02 Å². The Morgan fingerprint density at radius 3 is 2.92 bits per heavy atom. The molecule has 1 amide bonds. The van der Waals surface area contributed by atoms with Gasteiger partial charge in [-0.1, -0.05) is 25.4 Å². The number of aromatic amines is 1. The van der Waals surface area contributed by atoms with Crippen LogP contribution in [0.15, 0.2) is 36.8 Å². The van der Waals surface area contributed by atoms with E-state index in [0.29, 0.717) is 33.8 Å². The third kappa shape index (κ3) is 5.66. The number of nitrogens with one attached hydrogen (secondary N) is 2. The molecule has 5 rings (SSSR count). The molecule has 1 saturated carbocycles. The number of halogens is 1. The van der Waals surface area contributed by atoms with Gasteiger partial charge in [0.25, 0.3) is 5.91 Å². The van der Waals surface area contributed by atoms with Gasteiger partial charge in [-0.25, -0.2) is 9.97 Å². The number of hydrogen-bond acceptors (Lipinski definition) is 7. The number of H-pyrrole nitrogens is 1. The number of fused-ring (bicyclic) bond motifs is 1. The van der Waals surface area contributed by atoms with Crippen LogP contribution >= 0.6 is 11.6 Å². The molecule has 200 valence electrons. The molecule has 0 saturated heterocycles. The molecule has 1 fully saturated rings. The van der Waals surface area contributed by atoms with Crippen molar-refractivity contribution in [3.8, 4) is 17.3 Å². The summed E-state index contributed by atoms with van der Waals surface area (Å²) in [7, 11) is 0. The van der Waals surface area contributed by atoms with Crippen LogP contribution in [0.25, 0.3) is 22.6 Å². The van der Waals surface area contributed by atoms with Gasteiger partial charge in [-0.3, -0.25) is 14.9 Å². The number of carbonyl (C=O) groups is 1. The second-order valence-electron chi connectivity index (χ2n) is 10.1. The van der Waals surface area contributed by atoms with Gasteiger partial charge < -0.3 is 19.7 Å². The smallest absolute Gasteiger partial charge is 0.255 e. The van der Waals surface area contributed by atoms with Crippen LogP contribution in [-0.2, 0) is 6.42 Å². The summed E-state index contributed by atoms with van der Waals surface area (Å²) >= 11 is 6.18. The van der Waals surface area contributed by atoms with E-state index in [0.717, 1.165) is 49.0 Å². The molecule has 1 aliphatic rings. The quantitative estimate of drug-likeness (QED) is 0.289. The van der Waals surface area contributed by atoms with Crippen molar-refractivity contribution in [2.75, 3.05) is 13.2 Å². The fraction of sp³-hybridized carbons (Fsp3) is 0.444. The highest BCUT2D eigenvalue weighted by Crippen LogP contribution is 2.35. The Balaban J connectivity index is 1.42. The Morgan fingerprint density at radius 1 is 1.29 bits per heavy atom. The monoisotopic (exact) mass is 537 g/mol. The van der Waals surface area contributed by atoms with Crippen molar-refractivity contribution in [2.24, 2.45) is 5.92 Å². The number of benzene rings is 1. The average molecular weight is 538 g/mol. The highest BCUT2D eigenvalue weighted by Gasteiger charge is 2.29. The SMILES string of the molecule is CC(C)Cc1nc2cnc(-c3ncn[nH]3)cc2n1[C@@H]1CCC[C@H](NC(=O)c2cc(Cl)ccc2OCCO)C1. The van der Waals surface area contributed by atoms with Crippen LogP contribution in [0, 0.1) is 5.92 Å². The van der Waals surface area contributed by atoms with Crippen molar-refractivity contribution < 1.29 is 14.6 Å². The van der Waals surface area contributed by atoms with Crippen molar-refractivity contribution in [2.45, 2.75) is 58.0 Å². The molecule has 0 radical (unpaired) electrons. The second-order valence-corrected chi connectivity index (χ2v) is 10.5. The number of hydrogen-bond donors (Lipinski definition) is 3. The molecule has 3 heterocycles. The van der Waals surface area contributed by atoms with E-state index in [1.54, 1.807) is 24.4 Å². The summed E-state index contributed by atoms with van der Waals surface area (Å²) in [5.41, 5.74) is 2.93. The average Bonchev–Trinajstić information content (AvgIpc) is 3.55. The Morgan fingerprint density at radius 2 is 2.16 bits per heavy atom. The summed E-state index contributed by atoms with van der Waals surface area (Å²) in [6.45, 7) is 4.34. The number of aliphatic hydroxyl groups excluding tert-OH is 1. The molecule has 3 N–H and O–H groups in total. The molecule has 1 aromatic carbocycles. The Bertz CT molecular complexity index is 1400. The first-order chi connectivity index (χ1) is 18.4. The van der Waals surface area contributed by atoms with Crippen LogP contribution in [0.1, 0.15) is 61.8 Å². The topological polar surface area (TPSA) is 131 Å². The molecule has 0 unspecified atom stereocenters. The lowest BCUT2D eigenvalue weighted by Crippen LogP contribution is -2.39. The molecule has 0 aliphatic heterocycles. The van der Waals surface area contributed by atoms with Crippen molar-refractivity contribution >= 4 is 28.5 Å². The Kier molecular flexibility index (Phi) is 7.90. The van der Waals surface area contributed by atoms with E-state index < -0.39 is 0 Å². The predicted molar refractivity (Wildman–Crippen MR) is 144 cm³/mol. The molecule has 4 aromatic rings. The van der Waals surface area contributed by atoms with Gasteiger partial charge in [0.05, 0.1) is 23.9 Å². The van der Waals surface area contributed by atoms with E-state index in [-0.39, 0.29) is 31.2 Å². The second kappa shape index (κ2) is 11.5. The molecule has 0 bridgehead atoms. The molecule has 10 nitrogen and oxygen atoms in total. The summed E-state index contributed by atoms with van der Waals surface area (Å²) in [6.07, 6.45) is 7.72. The highest BCUT2D eigenvalue weighted by molar-refractivity contribution is 6.31. The van der Waals surface area contributed by atoms with Crippen molar-refractivity contribution in [1.29, 1.82) is 0 Å². The highest BCUT2D eigenvalue weighted by atomic mass is 35.5. The zero-order valence-electron chi connectivity index (χ0n) is 21.5. The molecule has 11 heteroatoms. The Labute approximate surface area is 225 Å². The summed E-state index contributed by atoms with van der Waals surface area (Å²) in [4.78, 5) is 27.0. The first-order valence-corrected chi connectivity index (χ1v) is 13.4. The fourth-order valence-corrected chi connectivity index (χ4v) is 5.35. The summed E-state index contributed by atoms with van der Waals surface area (Å²) in [5.74, 6) is 2.24. The minimum Gasteiger partial charge on any atom is -0.490 e. The number of imidazole rings is 1. The van der Waals surface area contributed by atoms with Crippen molar-refractivity contribution in [3.63, 3.8) is 0 Å². The van der Waals surface area contributed by atoms with Gasteiger partial charge in [-0.15, -0.1) is 0 Å². The van der Waals surface area contributed by atoms with Gasteiger partial charge in [0.15, 0.2) is 5.82 Å². The zero-order chi connectivity index (χ0) is 26.6. The molecule has 2 atom stereocenters. The van der Waals surface area contributed by atoms with Gasteiger partial charge >= 0.3 is 0 Å². The van der Waals surface area contributed by atoms with Crippen molar-refractivity contribution in [3.05, 3.63) is 53.2 Å². The molecule has 0 spiro atoms. The fourth-order valence-electron chi connectivity index (χ4n) is 5.18. The maximum atomic E-state index is 13.3. The minimum atomic E-state index is -0.235. The van der Waals surface area contributed by atoms with Crippen LogP contribution in [0.5, 0.6) is 5.75 Å². The first kappa shape index (κ1) is 26.1. The third-order valence-electron chi connectivity index (χ3n) is 6.78. The molecular formula is C27H32ClN7O3. The summed E-state index contributed by atoms with van der Waals surface area (Å²) in [6, 6.07) is 7.10. The lowest BCUT2D eigenvalue weighted by molar-refractivity contribution is 0.0915. The molecule has 1 aliphatic carbocycles. The van der Waals surface area contributed by atoms with E-state index in [4.69, 9.17) is 26.4 Å². The maximum absolute atomic E-state index is 13.3. The summed E-state index contributed by atoms with van der Waals surface area (Å²) < 4.78 is 7.91. The van der Waals surface area contributed by atoms with E-state index in [1.807, 2.05) is 6.07 Å². The molecule has 3 aromatic heterocycles. The number of rotatable bonds is 9. The lowest BCUT2D eigenvalue weighted by atomic mass is 9.90. The minimum absolute atomic E-state index is 0.0224. The number of aliphatic hydroxyl groups is 1. The van der Waals surface area contributed by atoms with E-state index in [2.05, 4.69) is 43.9 Å². The number of pyridine rings is 1. The largest absolute Gasteiger partial charge is 0.490 e. The van der Waals surface area contributed by atoms with E-state index in [9.17, 15) is 4.79 Å². The number of carbonyl (C=O) groups excluding carboxylic acids is 1. The Hall–Kier alpha value is -3.50. The number of amides is 1. The van der Waals surface area contributed by atoms with Crippen LogP contribution in [0.4, 0.5) is 0 Å². The van der Waals surface area contributed by atoms with E-state index >= 15 is 0 Å². The van der Waals surface area contributed by atoms with Gasteiger partial charge in [0, 0.05) is 23.5 Å². The molecule has 38 heavy (non-hydrogen) atoms. The van der Waals surface area contributed by atoms with Crippen LogP contribution in [0.3, 0.4) is 0 Å². The normalized spacial score (nSPS) is 17.7. The van der Waals surface area contributed by atoms with Gasteiger partial charge in [-0.2, -0.15) is 5.10 Å². The third-order valence-corrected chi connectivity index (χ3v) is 7.01. The summed E-state index contributed by atoms with van der Waals surface area (Å²) in [5, 5.41) is 19.6. The maximum Gasteiger partial charge on any atom is 0.255 e. The predicted octanol–water partition coefficient (Wildman–Crippen LogP) is 4.35. The van der Waals surface area contributed by atoms with Crippen molar-refractivity contribution in [1.82, 2.24) is 35.0 Å². The lowest BCUT2D eigenvalue weighted by Gasteiger charge is -2.32. The standard InChI is InChI=1S/C27H32ClN7O3/c1-16(2)10-25-33-22-14-29-21(26-30-15-31-34-26)13-23(22)35(25)19-5-3-4-18(12-19)32-27(37)20-11-17(28)6-7-24(20)38-9-8-36/h6-7,11,13-16,18-19,36H,3-5,8-10,12H2,1-2H3,(H,32,37)(H,30,31,34)/t18-,19+/m0/s1. The number of nitrogens with zero attached hydrogens (tertiary/aromatic N) is 5. The van der Waals surface area contributed by atoms with E-state index in [1.165, 1.54) is 6.33 Å².